The minimum Gasteiger partial charge on any atom is -0.0586 e. The molecule has 0 unspecified atom stereocenters. The van der Waals surface area contributed by atoms with Crippen LogP contribution in [0, 0.1) is 20.8 Å². The molecule has 124 valence electrons. The van der Waals surface area contributed by atoms with Gasteiger partial charge in [-0.25, -0.2) is 0 Å². The molecule has 1 aliphatic rings. The molecule has 0 aromatic heterocycles. The molecule has 4 rings (SSSR count). The van der Waals surface area contributed by atoms with Crippen molar-refractivity contribution >= 4 is 50.7 Å². The highest BCUT2D eigenvalue weighted by atomic mass is 79.9. The second-order valence-electron chi connectivity index (χ2n) is 6.59. The molecule has 3 aromatic carbocycles. The first-order chi connectivity index (χ1) is 11.9. The van der Waals surface area contributed by atoms with E-state index in [-0.39, 0.29) is 0 Å². The van der Waals surface area contributed by atoms with E-state index in [1.165, 1.54) is 57.7 Å². The Morgan fingerprint density at radius 2 is 1.12 bits per heavy atom. The molecule has 3 aromatic rings. The van der Waals surface area contributed by atoms with Crippen LogP contribution in [0.1, 0.15) is 27.8 Å². The molecular formula is C22H17Br2P. The fourth-order valence-corrected chi connectivity index (χ4v) is 5.68. The van der Waals surface area contributed by atoms with Crippen LogP contribution >= 0.6 is 40.1 Å². The van der Waals surface area contributed by atoms with Gasteiger partial charge < -0.3 is 0 Å². The topological polar surface area (TPSA) is 0 Å². The summed E-state index contributed by atoms with van der Waals surface area (Å²) in [4.78, 5) is 0. The number of halogens is 2. The Kier molecular flexibility index (Phi) is 4.48. The summed E-state index contributed by atoms with van der Waals surface area (Å²) < 4.78 is 2.25. The van der Waals surface area contributed by atoms with Crippen LogP contribution in [0.2, 0.25) is 0 Å². The fourth-order valence-electron chi connectivity index (χ4n) is 3.62. The van der Waals surface area contributed by atoms with E-state index >= 15 is 0 Å². The highest BCUT2D eigenvalue weighted by Crippen LogP contribution is 2.41. The average molecular weight is 472 g/mol. The largest absolute Gasteiger partial charge is 0.0586 e. The quantitative estimate of drug-likeness (QED) is 0.263. The van der Waals surface area contributed by atoms with Crippen molar-refractivity contribution < 1.29 is 0 Å². The fraction of sp³-hybridized carbons (Fsp3) is 0.136. The van der Waals surface area contributed by atoms with E-state index < -0.39 is 0 Å². The number of benzene rings is 3. The van der Waals surface area contributed by atoms with Crippen molar-refractivity contribution in [1.82, 2.24) is 0 Å². The van der Waals surface area contributed by atoms with E-state index in [9.17, 15) is 0 Å². The van der Waals surface area contributed by atoms with Crippen molar-refractivity contribution in [3.63, 3.8) is 0 Å². The maximum Gasteiger partial charge on any atom is 0.0181 e. The lowest BCUT2D eigenvalue weighted by Crippen LogP contribution is -2.07. The SMILES string of the molecule is Cc1cc(C)c(P=C2c3ccc(Br)cc3-c3cc(Br)ccc32)c(C)c1. The zero-order valence-corrected chi connectivity index (χ0v) is 18.4. The van der Waals surface area contributed by atoms with Crippen LogP contribution in [0.4, 0.5) is 0 Å². The van der Waals surface area contributed by atoms with E-state index in [0.29, 0.717) is 0 Å². The monoisotopic (exact) mass is 470 g/mol. The van der Waals surface area contributed by atoms with Gasteiger partial charge in [-0.15, -0.1) is 0 Å². The molecule has 0 saturated heterocycles. The summed E-state index contributed by atoms with van der Waals surface area (Å²) in [6.45, 7) is 6.62. The first-order valence-electron chi connectivity index (χ1n) is 8.21. The molecule has 25 heavy (non-hydrogen) atoms. The average Bonchev–Trinajstić information content (AvgIpc) is 2.83. The Hall–Kier alpha value is -1.21. The number of rotatable bonds is 1. The lowest BCUT2D eigenvalue weighted by atomic mass is 10.1. The Morgan fingerprint density at radius 3 is 1.60 bits per heavy atom. The van der Waals surface area contributed by atoms with Gasteiger partial charge in [0.05, 0.1) is 0 Å². The zero-order chi connectivity index (χ0) is 17.7. The Morgan fingerprint density at radius 1 is 0.640 bits per heavy atom. The lowest BCUT2D eigenvalue weighted by molar-refractivity contribution is 1.36. The van der Waals surface area contributed by atoms with Crippen LogP contribution in [0.25, 0.3) is 11.1 Å². The van der Waals surface area contributed by atoms with Crippen LogP contribution < -0.4 is 5.30 Å². The smallest absolute Gasteiger partial charge is 0.0181 e. The normalized spacial score (nSPS) is 12.4. The molecule has 0 radical (unpaired) electrons. The van der Waals surface area contributed by atoms with Crippen molar-refractivity contribution in [1.29, 1.82) is 0 Å². The van der Waals surface area contributed by atoms with E-state index in [2.05, 4.69) is 101 Å². The third kappa shape index (κ3) is 3.05. The summed E-state index contributed by atoms with van der Waals surface area (Å²) >= 11 is 7.26. The summed E-state index contributed by atoms with van der Waals surface area (Å²) in [5.74, 6) is 0. The summed E-state index contributed by atoms with van der Waals surface area (Å²) in [7, 11) is 1.28. The Balaban J connectivity index is 2.01. The highest BCUT2D eigenvalue weighted by Gasteiger charge is 2.24. The van der Waals surface area contributed by atoms with Gasteiger partial charge in [-0.1, -0.05) is 69.9 Å². The molecule has 0 heterocycles. The van der Waals surface area contributed by atoms with Gasteiger partial charge in [0.2, 0.25) is 0 Å². The summed E-state index contributed by atoms with van der Waals surface area (Å²) in [5, 5.41) is 2.82. The number of fused-ring (bicyclic) bond motifs is 3. The molecule has 0 saturated carbocycles. The van der Waals surface area contributed by atoms with E-state index in [1.807, 2.05) is 0 Å². The van der Waals surface area contributed by atoms with Gasteiger partial charge in [0.1, 0.15) is 0 Å². The molecule has 0 aliphatic heterocycles. The van der Waals surface area contributed by atoms with Gasteiger partial charge in [-0.3, -0.25) is 0 Å². The van der Waals surface area contributed by atoms with Gasteiger partial charge in [0.25, 0.3) is 0 Å². The number of hydrogen-bond acceptors (Lipinski definition) is 0. The molecule has 0 N–H and O–H groups in total. The molecular weight excluding hydrogens is 455 g/mol. The molecule has 0 fully saturated rings. The van der Waals surface area contributed by atoms with Crippen molar-refractivity contribution in [3.05, 3.63) is 85.3 Å². The molecule has 0 atom stereocenters. The molecule has 0 bridgehead atoms. The molecule has 3 heteroatoms. The minimum absolute atomic E-state index is 1.12. The van der Waals surface area contributed by atoms with Crippen LogP contribution in [0.5, 0.6) is 0 Å². The van der Waals surface area contributed by atoms with Crippen molar-refractivity contribution in [3.8, 4) is 11.1 Å². The van der Waals surface area contributed by atoms with Crippen molar-refractivity contribution in [2.45, 2.75) is 20.8 Å². The van der Waals surface area contributed by atoms with E-state index in [1.54, 1.807) is 0 Å². The standard InChI is InChI=1S/C22H17Br2P/c1-12-8-13(2)21(14(3)9-12)25-22-17-6-4-15(23)10-19(17)20-11-16(24)5-7-18(20)22/h4-11H,1-3H3. The second-order valence-corrected chi connectivity index (χ2v) is 9.54. The van der Waals surface area contributed by atoms with Crippen LogP contribution in [-0.4, -0.2) is 5.29 Å². The highest BCUT2D eigenvalue weighted by molar-refractivity contribution is 9.10. The summed E-state index contributed by atoms with van der Waals surface area (Å²) in [6, 6.07) is 17.8. The number of aryl methyl sites for hydroxylation is 3. The maximum atomic E-state index is 3.63. The predicted molar refractivity (Wildman–Crippen MR) is 118 cm³/mol. The third-order valence-corrected chi connectivity index (χ3v) is 7.24. The molecule has 0 nitrogen and oxygen atoms in total. The first kappa shape index (κ1) is 17.2. The van der Waals surface area contributed by atoms with Crippen LogP contribution in [0.15, 0.2) is 57.5 Å². The van der Waals surface area contributed by atoms with Crippen molar-refractivity contribution in [2.75, 3.05) is 0 Å². The van der Waals surface area contributed by atoms with Gasteiger partial charge in [0.15, 0.2) is 0 Å². The predicted octanol–water partition coefficient (Wildman–Crippen LogP) is 6.96. The lowest BCUT2D eigenvalue weighted by Gasteiger charge is -2.09. The molecule has 1 aliphatic carbocycles. The zero-order valence-electron chi connectivity index (χ0n) is 14.3. The maximum absolute atomic E-state index is 3.63. The third-order valence-electron chi connectivity index (χ3n) is 4.62. The molecule has 0 spiro atoms. The van der Waals surface area contributed by atoms with Gasteiger partial charge in [0, 0.05) is 19.5 Å². The van der Waals surface area contributed by atoms with Crippen LogP contribution in [-0.2, 0) is 0 Å². The van der Waals surface area contributed by atoms with Crippen LogP contribution in [0.3, 0.4) is 0 Å². The van der Waals surface area contributed by atoms with E-state index in [4.69, 9.17) is 0 Å². The second kappa shape index (κ2) is 6.50. The van der Waals surface area contributed by atoms with Gasteiger partial charge >= 0.3 is 0 Å². The van der Waals surface area contributed by atoms with Gasteiger partial charge in [-0.05, 0) is 78.4 Å². The Bertz CT molecular complexity index is 971. The first-order valence-corrected chi connectivity index (χ1v) is 10.7. The number of hydrogen-bond donors (Lipinski definition) is 0. The van der Waals surface area contributed by atoms with Gasteiger partial charge in [-0.2, -0.15) is 0 Å². The van der Waals surface area contributed by atoms with E-state index in [0.717, 1.165) is 8.95 Å². The summed E-state index contributed by atoms with van der Waals surface area (Å²) in [5.41, 5.74) is 9.40. The van der Waals surface area contributed by atoms with Crippen molar-refractivity contribution in [2.24, 2.45) is 0 Å². The Labute approximate surface area is 167 Å². The minimum atomic E-state index is 1.12. The molecule has 0 amide bonds. The summed E-state index contributed by atoms with van der Waals surface area (Å²) in [6.07, 6.45) is 0.